The summed E-state index contributed by atoms with van der Waals surface area (Å²) in [6.07, 6.45) is 6.50. The van der Waals surface area contributed by atoms with E-state index in [2.05, 4.69) is 80.5 Å². The van der Waals surface area contributed by atoms with Crippen LogP contribution >= 0.6 is 0 Å². The van der Waals surface area contributed by atoms with Crippen molar-refractivity contribution in [2.75, 3.05) is 0 Å². The number of phenolic OH excluding ortho intramolecular Hbond substituents is 1. The second-order valence-corrected chi connectivity index (χ2v) is 8.67. The first kappa shape index (κ1) is 27.7. The molecule has 0 aliphatic carbocycles. The lowest BCUT2D eigenvalue weighted by molar-refractivity contribution is 0.475. The molecule has 1 heterocycles. The van der Waals surface area contributed by atoms with Crippen LogP contribution in [0.3, 0.4) is 0 Å². The molecule has 35 heavy (non-hydrogen) atoms. The van der Waals surface area contributed by atoms with E-state index in [0.29, 0.717) is 5.75 Å². The first-order valence-corrected chi connectivity index (χ1v) is 12.7. The van der Waals surface area contributed by atoms with Gasteiger partial charge in [-0.2, -0.15) is 0 Å². The normalized spacial score (nSPS) is 9.94. The predicted molar refractivity (Wildman–Crippen MR) is 153 cm³/mol. The van der Waals surface area contributed by atoms with E-state index in [4.69, 9.17) is 4.98 Å². The number of aromatic nitrogens is 2. The van der Waals surface area contributed by atoms with E-state index in [1.165, 1.54) is 28.7 Å². The Morgan fingerprint density at radius 3 is 2.17 bits per heavy atom. The molecule has 0 amide bonds. The average Bonchev–Trinajstić information content (AvgIpc) is 3.30. The summed E-state index contributed by atoms with van der Waals surface area (Å²) in [7, 11) is 0. The van der Waals surface area contributed by atoms with Crippen LogP contribution in [0.2, 0.25) is 0 Å². The molecule has 0 aliphatic rings. The third-order valence-corrected chi connectivity index (χ3v) is 5.54. The molecule has 0 bridgehead atoms. The Kier molecular flexibility index (Phi) is 12.2. The van der Waals surface area contributed by atoms with Crippen LogP contribution in [0.4, 0.5) is 0 Å². The average molecular weight is 471 g/mol. The van der Waals surface area contributed by atoms with Gasteiger partial charge in [0, 0.05) is 7.85 Å². The van der Waals surface area contributed by atoms with E-state index in [-0.39, 0.29) is 1.43 Å². The zero-order valence-corrected chi connectivity index (χ0v) is 21.8. The SMILES string of the molecule is C=C=C(C)CC.CCC.Oc1ccc(CCCCc2nc3ccc(-c4ccccc4)cc3[nH]2)cc1.[HH]. The standard InChI is InChI=1S/C23H22N2O.C6H10.C3H8.H2/c26-20-13-10-17(11-14-20)6-4-5-9-23-24-21-15-12-19(16-22(21)25-23)18-7-2-1-3-8-18;1-4-6(3)5-2;1-3-2;/h1-3,7-8,10-16,26H,4-6,9H2,(H,24,25);1,5H2,2-3H3;3H2,1-2H3;1H. The number of benzene rings is 3. The van der Waals surface area contributed by atoms with Crippen LogP contribution in [0.1, 0.15) is 66.2 Å². The molecule has 0 fully saturated rings. The molecule has 0 saturated heterocycles. The molecule has 0 saturated carbocycles. The summed E-state index contributed by atoms with van der Waals surface area (Å²) in [5.41, 5.74) is 9.83. The van der Waals surface area contributed by atoms with Crippen molar-refractivity contribution in [1.82, 2.24) is 9.97 Å². The number of aromatic amines is 1. The Morgan fingerprint density at radius 1 is 0.914 bits per heavy atom. The Balaban J connectivity index is 0.000000563. The zero-order valence-electron chi connectivity index (χ0n) is 21.8. The molecule has 0 spiro atoms. The molecule has 0 aliphatic heterocycles. The highest BCUT2D eigenvalue weighted by atomic mass is 16.3. The monoisotopic (exact) mass is 470 g/mol. The number of imidazole rings is 1. The van der Waals surface area contributed by atoms with E-state index in [0.717, 1.165) is 49.0 Å². The van der Waals surface area contributed by atoms with Gasteiger partial charge >= 0.3 is 0 Å². The smallest absolute Gasteiger partial charge is 0.115 e. The van der Waals surface area contributed by atoms with Gasteiger partial charge in [0.2, 0.25) is 0 Å². The number of phenols is 1. The van der Waals surface area contributed by atoms with Crippen molar-refractivity contribution in [2.24, 2.45) is 0 Å². The lowest BCUT2D eigenvalue weighted by atomic mass is 10.1. The molecule has 4 rings (SSSR count). The minimum atomic E-state index is 0. The number of aryl methyl sites for hydroxylation is 2. The maximum Gasteiger partial charge on any atom is 0.115 e. The number of H-pyrrole nitrogens is 1. The van der Waals surface area contributed by atoms with Gasteiger partial charge < -0.3 is 10.1 Å². The lowest BCUT2D eigenvalue weighted by Crippen LogP contribution is -1.91. The summed E-state index contributed by atoms with van der Waals surface area (Å²) >= 11 is 0. The van der Waals surface area contributed by atoms with Crippen molar-refractivity contribution in [3.63, 3.8) is 0 Å². The fraction of sp³-hybridized carbons (Fsp3) is 0.312. The molecule has 1 aromatic heterocycles. The molecule has 0 atom stereocenters. The van der Waals surface area contributed by atoms with Crippen LogP contribution < -0.4 is 0 Å². The molecule has 4 aromatic rings. The van der Waals surface area contributed by atoms with Gasteiger partial charge in [0.05, 0.1) is 11.0 Å². The molecular formula is C32H42N2O. The van der Waals surface area contributed by atoms with Crippen LogP contribution in [-0.2, 0) is 12.8 Å². The molecule has 0 radical (unpaired) electrons. The van der Waals surface area contributed by atoms with Crippen LogP contribution in [0.25, 0.3) is 22.2 Å². The van der Waals surface area contributed by atoms with Gasteiger partial charge in [-0.25, -0.2) is 4.98 Å². The number of hydrogen-bond acceptors (Lipinski definition) is 2. The van der Waals surface area contributed by atoms with Gasteiger partial charge in [0.25, 0.3) is 0 Å². The van der Waals surface area contributed by atoms with Gasteiger partial charge in [-0.1, -0.05) is 82.3 Å². The van der Waals surface area contributed by atoms with Gasteiger partial charge in [-0.05, 0) is 79.1 Å². The summed E-state index contributed by atoms with van der Waals surface area (Å²) in [6, 6.07) is 24.3. The lowest BCUT2D eigenvalue weighted by Gasteiger charge is -2.01. The number of allylic oxidation sites excluding steroid dienone is 1. The van der Waals surface area contributed by atoms with E-state index in [9.17, 15) is 5.11 Å². The number of fused-ring (bicyclic) bond motifs is 1. The molecule has 3 nitrogen and oxygen atoms in total. The summed E-state index contributed by atoms with van der Waals surface area (Å²) < 4.78 is 0. The molecule has 0 unspecified atom stereocenters. The number of aromatic hydroxyl groups is 1. The van der Waals surface area contributed by atoms with Crippen molar-refractivity contribution < 1.29 is 6.53 Å². The minimum Gasteiger partial charge on any atom is -0.508 e. The minimum absolute atomic E-state index is 0. The third kappa shape index (κ3) is 9.68. The van der Waals surface area contributed by atoms with Gasteiger partial charge in [0.15, 0.2) is 0 Å². The van der Waals surface area contributed by atoms with Gasteiger partial charge in [-0.15, -0.1) is 5.73 Å². The Morgan fingerprint density at radius 2 is 1.57 bits per heavy atom. The van der Waals surface area contributed by atoms with Crippen molar-refractivity contribution in [3.05, 3.63) is 102 Å². The number of unbranched alkanes of at least 4 members (excludes halogenated alkanes) is 1. The highest BCUT2D eigenvalue weighted by Crippen LogP contribution is 2.23. The molecular weight excluding hydrogens is 428 g/mol. The Hall–Kier alpha value is -3.55. The topological polar surface area (TPSA) is 48.9 Å². The highest BCUT2D eigenvalue weighted by Gasteiger charge is 2.05. The Bertz CT molecular complexity index is 1190. The van der Waals surface area contributed by atoms with Crippen molar-refractivity contribution in [3.8, 4) is 16.9 Å². The second-order valence-electron chi connectivity index (χ2n) is 8.67. The fourth-order valence-electron chi connectivity index (χ4n) is 3.40. The van der Waals surface area contributed by atoms with E-state index >= 15 is 0 Å². The van der Waals surface area contributed by atoms with Gasteiger partial charge in [-0.3, -0.25) is 0 Å². The van der Waals surface area contributed by atoms with Crippen LogP contribution in [-0.4, -0.2) is 15.1 Å². The highest BCUT2D eigenvalue weighted by molar-refractivity contribution is 5.81. The fourth-order valence-corrected chi connectivity index (χ4v) is 3.40. The van der Waals surface area contributed by atoms with Crippen LogP contribution in [0.15, 0.2) is 90.7 Å². The largest absolute Gasteiger partial charge is 0.508 e. The van der Waals surface area contributed by atoms with Crippen molar-refractivity contribution in [2.45, 2.75) is 66.2 Å². The summed E-state index contributed by atoms with van der Waals surface area (Å²) in [5.74, 6) is 1.38. The number of hydrogen-bond donors (Lipinski definition) is 2. The number of rotatable bonds is 7. The van der Waals surface area contributed by atoms with E-state index in [1.54, 1.807) is 12.1 Å². The maximum atomic E-state index is 9.33. The molecule has 186 valence electrons. The zero-order chi connectivity index (χ0) is 25.5. The number of nitrogens with one attached hydrogen (secondary N) is 1. The summed E-state index contributed by atoms with van der Waals surface area (Å²) in [4.78, 5) is 8.18. The summed E-state index contributed by atoms with van der Waals surface area (Å²) in [6.45, 7) is 11.8. The van der Waals surface area contributed by atoms with Crippen molar-refractivity contribution in [1.29, 1.82) is 0 Å². The first-order chi connectivity index (χ1) is 17.0. The van der Waals surface area contributed by atoms with E-state index < -0.39 is 0 Å². The predicted octanol–water partition coefficient (Wildman–Crippen LogP) is 9.29. The number of nitrogens with zero attached hydrogens (tertiary/aromatic N) is 1. The first-order valence-electron chi connectivity index (χ1n) is 12.7. The third-order valence-electron chi connectivity index (χ3n) is 5.54. The second kappa shape index (κ2) is 15.4. The van der Waals surface area contributed by atoms with Crippen LogP contribution in [0, 0.1) is 0 Å². The Labute approximate surface area is 212 Å². The maximum absolute atomic E-state index is 9.33. The summed E-state index contributed by atoms with van der Waals surface area (Å²) in [5, 5.41) is 9.33. The molecule has 3 heteroatoms. The van der Waals surface area contributed by atoms with Crippen LogP contribution in [0.5, 0.6) is 5.75 Å². The molecule has 3 aromatic carbocycles. The quantitative estimate of drug-likeness (QED) is 0.209. The van der Waals surface area contributed by atoms with E-state index in [1.807, 2.05) is 25.1 Å². The molecule has 2 N–H and O–H groups in total. The van der Waals surface area contributed by atoms with Gasteiger partial charge in [0.1, 0.15) is 11.6 Å². The van der Waals surface area contributed by atoms with Crippen molar-refractivity contribution >= 4 is 11.0 Å².